The van der Waals surface area contributed by atoms with E-state index in [1.807, 2.05) is 24.3 Å². The van der Waals surface area contributed by atoms with Gasteiger partial charge in [0.2, 0.25) is 10.0 Å². The zero-order chi connectivity index (χ0) is 18.4. The molecule has 0 aromatic heterocycles. The van der Waals surface area contributed by atoms with Crippen LogP contribution < -0.4 is 4.72 Å². The van der Waals surface area contributed by atoms with Gasteiger partial charge >= 0.3 is 0 Å². The van der Waals surface area contributed by atoms with E-state index in [9.17, 15) is 13.2 Å². The van der Waals surface area contributed by atoms with Crippen molar-refractivity contribution in [1.82, 2.24) is 9.62 Å². The first kappa shape index (κ1) is 19.4. The van der Waals surface area contributed by atoms with E-state index >= 15 is 0 Å². The van der Waals surface area contributed by atoms with Crippen molar-refractivity contribution in [2.45, 2.75) is 11.4 Å². The standard InChI is InChI=1S/C18H19BrN2O3S/c1-3-12-20-25(23,24)16-10-8-14(9-11-16)18(22)21(2)13-15-6-4-5-7-17(15)19/h3-11,20H,1,12-13H2,2H3. The largest absolute Gasteiger partial charge is 0.337 e. The second-order valence-electron chi connectivity index (χ2n) is 5.42. The van der Waals surface area contributed by atoms with Crippen molar-refractivity contribution in [1.29, 1.82) is 0 Å². The number of nitrogens with one attached hydrogen (secondary N) is 1. The van der Waals surface area contributed by atoms with Crippen LogP contribution in [0.1, 0.15) is 15.9 Å². The molecule has 0 unspecified atom stereocenters. The van der Waals surface area contributed by atoms with Crippen molar-refractivity contribution in [3.05, 3.63) is 76.8 Å². The summed E-state index contributed by atoms with van der Waals surface area (Å²) in [6.45, 7) is 4.07. The van der Waals surface area contributed by atoms with Gasteiger partial charge in [0, 0.05) is 30.2 Å². The number of hydrogen-bond donors (Lipinski definition) is 1. The zero-order valence-corrected chi connectivity index (χ0v) is 16.2. The minimum atomic E-state index is -3.59. The monoisotopic (exact) mass is 422 g/mol. The molecule has 0 fully saturated rings. The molecule has 2 rings (SSSR count). The van der Waals surface area contributed by atoms with Gasteiger partial charge in [-0.25, -0.2) is 13.1 Å². The molecule has 1 N–H and O–H groups in total. The van der Waals surface area contributed by atoms with Crippen LogP contribution in [0.2, 0.25) is 0 Å². The van der Waals surface area contributed by atoms with Gasteiger partial charge in [-0.1, -0.05) is 40.2 Å². The molecule has 0 heterocycles. The van der Waals surface area contributed by atoms with Crippen molar-refractivity contribution in [2.24, 2.45) is 0 Å². The molecular weight excluding hydrogens is 404 g/mol. The van der Waals surface area contributed by atoms with Gasteiger partial charge in [0.05, 0.1) is 4.90 Å². The summed E-state index contributed by atoms with van der Waals surface area (Å²) in [4.78, 5) is 14.2. The number of carbonyl (C=O) groups excluding carboxylic acids is 1. The van der Waals surface area contributed by atoms with Gasteiger partial charge in [-0.3, -0.25) is 4.79 Å². The third kappa shape index (κ3) is 5.01. The summed E-state index contributed by atoms with van der Waals surface area (Å²) in [5, 5.41) is 0. The van der Waals surface area contributed by atoms with Crippen molar-refractivity contribution in [2.75, 3.05) is 13.6 Å². The smallest absolute Gasteiger partial charge is 0.253 e. The number of hydrogen-bond acceptors (Lipinski definition) is 3. The molecule has 0 spiro atoms. The Kier molecular flexibility index (Phi) is 6.52. The minimum absolute atomic E-state index is 0.111. The predicted molar refractivity (Wildman–Crippen MR) is 102 cm³/mol. The normalized spacial score (nSPS) is 11.1. The van der Waals surface area contributed by atoms with Crippen molar-refractivity contribution < 1.29 is 13.2 Å². The summed E-state index contributed by atoms with van der Waals surface area (Å²) in [5.41, 5.74) is 1.42. The maximum atomic E-state index is 12.5. The summed E-state index contributed by atoms with van der Waals surface area (Å²) in [6, 6.07) is 13.6. The Morgan fingerprint density at radius 1 is 1.20 bits per heavy atom. The van der Waals surface area contributed by atoms with Gasteiger partial charge in [-0.05, 0) is 35.9 Å². The van der Waals surface area contributed by atoms with Gasteiger partial charge in [-0.2, -0.15) is 0 Å². The topological polar surface area (TPSA) is 66.5 Å². The number of rotatable bonds is 7. The fraction of sp³-hybridized carbons (Fsp3) is 0.167. The molecule has 0 saturated carbocycles. The lowest BCUT2D eigenvalue weighted by molar-refractivity contribution is 0.0784. The highest BCUT2D eigenvalue weighted by molar-refractivity contribution is 9.10. The fourth-order valence-corrected chi connectivity index (χ4v) is 3.61. The molecule has 0 aliphatic heterocycles. The second kappa shape index (κ2) is 8.42. The lowest BCUT2D eigenvalue weighted by Crippen LogP contribution is -2.27. The maximum absolute atomic E-state index is 12.5. The number of nitrogens with zero attached hydrogens (tertiary/aromatic N) is 1. The molecule has 7 heteroatoms. The SMILES string of the molecule is C=CCNS(=O)(=O)c1ccc(C(=O)N(C)Cc2ccccc2Br)cc1. The first-order chi connectivity index (χ1) is 11.8. The highest BCUT2D eigenvalue weighted by Crippen LogP contribution is 2.18. The van der Waals surface area contributed by atoms with E-state index in [1.54, 1.807) is 11.9 Å². The molecule has 2 aromatic carbocycles. The van der Waals surface area contributed by atoms with Crippen LogP contribution in [-0.4, -0.2) is 32.8 Å². The molecule has 132 valence electrons. The Morgan fingerprint density at radius 3 is 2.44 bits per heavy atom. The van der Waals surface area contributed by atoms with Crippen LogP contribution in [0.25, 0.3) is 0 Å². The average Bonchev–Trinajstić information content (AvgIpc) is 2.61. The van der Waals surface area contributed by atoms with E-state index in [-0.39, 0.29) is 17.3 Å². The Labute approximate surface area is 156 Å². The lowest BCUT2D eigenvalue weighted by atomic mass is 10.1. The molecule has 0 bridgehead atoms. The van der Waals surface area contributed by atoms with Gasteiger partial charge in [0.15, 0.2) is 0 Å². The Hall–Kier alpha value is -1.96. The van der Waals surface area contributed by atoms with E-state index in [4.69, 9.17) is 0 Å². The van der Waals surface area contributed by atoms with Crippen LogP contribution in [0.5, 0.6) is 0 Å². The van der Waals surface area contributed by atoms with E-state index in [1.165, 1.54) is 30.3 Å². The summed E-state index contributed by atoms with van der Waals surface area (Å²) in [6.07, 6.45) is 1.46. The predicted octanol–water partition coefficient (Wildman–Crippen LogP) is 3.19. The molecule has 0 aliphatic rings. The fourth-order valence-electron chi connectivity index (χ4n) is 2.20. The molecule has 0 atom stereocenters. The van der Waals surface area contributed by atoms with Crippen LogP contribution in [0.15, 0.2) is 70.6 Å². The molecular formula is C18H19BrN2O3S. The lowest BCUT2D eigenvalue weighted by Gasteiger charge is -2.18. The highest BCUT2D eigenvalue weighted by atomic mass is 79.9. The van der Waals surface area contributed by atoms with Gasteiger partial charge in [0.25, 0.3) is 5.91 Å². The molecule has 2 aromatic rings. The van der Waals surface area contributed by atoms with Crippen LogP contribution in [0.3, 0.4) is 0 Å². The van der Waals surface area contributed by atoms with Crippen molar-refractivity contribution in [3.8, 4) is 0 Å². The molecule has 25 heavy (non-hydrogen) atoms. The highest BCUT2D eigenvalue weighted by Gasteiger charge is 2.16. The first-order valence-corrected chi connectivity index (χ1v) is 9.82. The molecule has 0 saturated heterocycles. The maximum Gasteiger partial charge on any atom is 0.253 e. The van der Waals surface area contributed by atoms with Crippen molar-refractivity contribution >= 4 is 31.9 Å². The van der Waals surface area contributed by atoms with Gasteiger partial charge in [0.1, 0.15) is 0 Å². The number of amides is 1. The Balaban J connectivity index is 2.12. The van der Waals surface area contributed by atoms with Crippen LogP contribution in [-0.2, 0) is 16.6 Å². The van der Waals surface area contributed by atoms with E-state index in [0.717, 1.165) is 10.0 Å². The summed E-state index contributed by atoms with van der Waals surface area (Å²) in [7, 11) is -1.89. The number of benzene rings is 2. The van der Waals surface area contributed by atoms with Crippen molar-refractivity contribution in [3.63, 3.8) is 0 Å². The summed E-state index contributed by atoms with van der Waals surface area (Å²) >= 11 is 3.46. The zero-order valence-electron chi connectivity index (χ0n) is 13.8. The number of carbonyl (C=O) groups is 1. The van der Waals surface area contributed by atoms with Crippen LogP contribution in [0.4, 0.5) is 0 Å². The van der Waals surface area contributed by atoms with E-state index < -0.39 is 10.0 Å². The summed E-state index contributed by atoms with van der Waals surface area (Å²) < 4.78 is 27.4. The summed E-state index contributed by atoms with van der Waals surface area (Å²) in [5.74, 6) is -0.182. The quantitative estimate of drug-likeness (QED) is 0.696. The van der Waals surface area contributed by atoms with E-state index in [2.05, 4.69) is 27.2 Å². The second-order valence-corrected chi connectivity index (χ2v) is 8.04. The molecule has 0 radical (unpaired) electrons. The van der Waals surface area contributed by atoms with Crippen LogP contribution >= 0.6 is 15.9 Å². The van der Waals surface area contributed by atoms with Crippen LogP contribution in [0, 0.1) is 0 Å². The third-order valence-electron chi connectivity index (χ3n) is 3.54. The number of sulfonamides is 1. The van der Waals surface area contributed by atoms with Gasteiger partial charge < -0.3 is 4.90 Å². The Morgan fingerprint density at radius 2 is 1.84 bits per heavy atom. The first-order valence-electron chi connectivity index (χ1n) is 7.54. The van der Waals surface area contributed by atoms with E-state index in [0.29, 0.717) is 12.1 Å². The molecule has 1 amide bonds. The average molecular weight is 423 g/mol. The third-order valence-corrected chi connectivity index (χ3v) is 5.75. The molecule has 5 nitrogen and oxygen atoms in total. The number of halogens is 1. The Bertz CT molecular complexity index is 864. The van der Waals surface area contributed by atoms with Gasteiger partial charge in [-0.15, -0.1) is 6.58 Å². The minimum Gasteiger partial charge on any atom is -0.337 e. The molecule has 0 aliphatic carbocycles.